The molecule has 0 spiro atoms. The van der Waals surface area contributed by atoms with E-state index in [0.717, 1.165) is 0 Å². The molecule has 1 aromatic carbocycles. The zero-order valence-electron chi connectivity index (χ0n) is 13.7. The number of rotatable bonds is 6. The number of carbonyl (C=O) groups is 2. The molecule has 130 valence electrons. The molecule has 0 aliphatic carbocycles. The number of oxazole rings is 1. The third-order valence-corrected chi connectivity index (χ3v) is 3.70. The Balaban J connectivity index is 2.18. The number of carbonyl (C=O) groups excluding carboxylic acids is 2. The molecule has 2 aromatic rings. The molecule has 0 radical (unpaired) electrons. The van der Waals surface area contributed by atoms with Crippen LogP contribution < -0.4 is 11.1 Å². The summed E-state index contributed by atoms with van der Waals surface area (Å²) in [6.45, 7) is 3.60. The van der Waals surface area contributed by atoms with Crippen molar-refractivity contribution in [3.05, 3.63) is 33.8 Å². The summed E-state index contributed by atoms with van der Waals surface area (Å²) in [5.74, 6) is -1.48. The summed E-state index contributed by atoms with van der Waals surface area (Å²) in [6.07, 6.45) is 0.440. The standard InChI is InChI=1S/C16H19ClN2O5/c1-9(2)6-11(15(21)23-3)18-14(20)8-19-12-5-4-10(17)7-13(12)24-16(19)22/h4-5,7,9,11H,6,8H2,1-3H3,(H,18,20)/t11-/m1/s1. The molecule has 1 atom stereocenters. The van der Waals surface area contributed by atoms with Gasteiger partial charge in [0.15, 0.2) is 5.58 Å². The van der Waals surface area contributed by atoms with Crippen LogP contribution in [-0.4, -0.2) is 29.6 Å². The van der Waals surface area contributed by atoms with Crippen molar-refractivity contribution in [2.24, 2.45) is 5.92 Å². The van der Waals surface area contributed by atoms with Gasteiger partial charge in [-0.1, -0.05) is 25.4 Å². The Morgan fingerprint density at radius 2 is 2.08 bits per heavy atom. The smallest absolute Gasteiger partial charge is 0.420 e. The van der Waals surface area contributed by atoms with Gasteiger partial charge in [-0.25, -0.2) is 9.59 Å². The molecule has 1 N–H and O–H groups in total. The number of fused-ring (bicyclic) bond motifs is 1. The van der Waals surface area contributed by atoms with E-state index in [2.05, 4.69) is 5.32 Å². The van der Waals surface area contributed by atoms with Crippen molar-refractivity contribution in [3.63, 3.8) is 0 Å². The van der Waals surface area contributed by atoms with E-state index in [4.69, 9.17) is 20.8 Å². The number of nitrogens with one attached hydrogen (secondary N) is 1. The second kappa shape index (κ2) is 7.53. The van der Waals surface area contributed by atoms with E-state index in [0.29, 0.717) is 22.5 Å². The molecule has 7 nitrogen and oxygen atoms in total. The van der Waals surface area contributed by atoms with Gasteiger partial charge in [0.2, 0.25) is 5.91 Å². The highest BCUT2D eigenvalue weighted by Gasteiger charge is 2.23. The molecule has 1 aromatic heterocycles. The lowest BCUT2D eigenvalue weighted by molar-refractivity contribution is -0.145. The van der Waals surface area contributed by atoms with Gasteiger partial charge >= 0.3 is 11.7 Å². The van der Waals surface area contributed by atoms with Crippen LogP contribution >= 0.6 is 11.6 Å². The van der Waals surface area contributed by atoms with Crippen molar-refractivity contribution >= 4 is 34.6 Å². The van der Waals surface area contributed by atoms with Crippen LogP contribution in [0.15, 0.2) is 27.4 Å². The maximum absolute atomic E-state index is 12.2. The van der Waals surface area contributed by atoms with Crippen molar-refractivity contribution in [2.75, 3.05) is 7.11 Å². The Bertz CT molecular complexity index is 808. The maximum atomic E-state index is 12.2. The van der Waals surface area contributed by atoms with Gasteiger partial charge in [0, 0.05) is 11.1 Å². The molecular weight excluding hydrogens is 336 g/mol. The molecule has 0 fully saturated rings. The molecule has 0 unspecified atom stereocenters. The fourth-order valence-corrected chi connectivity index (χ4v) is 2.56. The third kappa shape index (κ3) is 4.17. The highest BCUT2D eigenvalue weighted by atomic mass is 35.5. The van der Waals surface area contributed by atoms with Crippen molar-refractivity contribution in [2.45, 2.75) is 32.9 Å². The molecule has 0 aliphatic rings. The lowest BCUT2D eigenvalue weighted by Gasteiger charge is -2.18. The topological polar surface area (TPSA) is 90.5 Å². The summed E-state index contributed by atoms with van der Waals surface area (Å²) < 4.78 is 11.0. The monoisotopic (exact) mass is 354 g/mol. The summed E-state index contributed by atoms with van der Waals surface area (Å²) in [7, 11) is 1.26. The Kier molecular flexibility index (Phi) is 5.66. The molecule has 0 saturated carbocycles. The minimum Gasteiger partial charge on any atom is -0.467 e. The van der Waals surface area contributed by atoms with Crippen molar-refractivity contribution in [3.8, 4) is 0 Å². The van der Waals surface area contributed by atoms with E-state index in [9.17, 15) is 14.4 Å². The highest BCUT2D eigenvalue weighted by molar-refractivity contribution is 6.31. The fraction of sp³-hybridized carbons (Fsp3) is 0.438. The van der Waals surface area contributed by atoms with Gasteiger partial charge in [0.05, 0.1) is 12.6 Å². The van der Waals surface area contributed by atoms with Crippen LogP contribution in [0.3, 0.4) is 0 Å². The van der Waals surface area contributed by atoms with Crippen LogP contribution in [0.1, 0.15) is 20.3 Å². The first kappa shape index (κ1) is 18.1. The number of ether oxygens (including phenoxy) is 1. The van der Waals surface area contributed by atoms with Gasteiger partial charge in [-0.05, 0) is 24.5 Å². The van der Waals surface area contributed by atoms with Gasteiger partial charge in [-0.15, -0.1) is 0 Å². The number of hydrogen-bond acceptors (Lipinski definition) is 5. The number of hydrogen-bond donors (Lipinski definition) is 1. The Labute approximate surface area is 143 Å². The van der Waals surface area contributed by atoms with Crippen molar-refractivity contribution < 1.29 is 18.7 Å². The van der Waals surface area contributed by atoms with E-state index < -0.39 is 23.7 Å². The summed E-state index contributed by atoms with van der Waals surface area (Å²) in [4.78, 5) is 35.9. The molecule has 1 heterocycles. The Morgan fingerprint density at radius 3 is 2.71 bits per heavy atom. The Hall–Kier alpha value is -2.28. The summed E-state index contributed by atoms with van der Waals surface area (Å²) in [6, 6.07) is 3.94. The van der Waals surface area contributed by atoms with Gasteiger partial charge in [-0.3, -0.25) is 9.36 Å². The van der Waals surface area contributed by atoms with Crippen LogP contribution in [-0.2, 0) is 20.9 Å². The average Bonchev–Trinajstić information content (AvgIpc) is 2.80. The quantitative estimate of drug-likeness (QED) is 0.801. The average molecular weight is 355 g/mol. The molecule has 8 heteroatoms. The zero-order valence-corrected chi connectivity index (χ0v) is 14.4. The van der Waals surface area contributed by atoms with Crippen molar-refractivity contribution in [1.82, 2.24) is 9.88 Å². The van der Waals surface area contributed by atoms with E-state index in [1.165, 1.54) is 17.7 Å². The minimum absolute atomic E-state index is 0.189. The molecule has 0 aliphatic heterocycles. The first-order valence-electron chi connectivity index (χ1n) is 7.48. The maximum Gasteiger partial charge on any atom is 0.420 e. The SMILES string of the molecule is COC(=O)[C@@H](CC(C)C)NC(=O)Cn1c(=O)oc2cc(Cl)ccc21. The van der Waals surface area contributed by atoms with E-state index >= 15 is 0 Å². The lowest BCUT2D eigenvalue weighted by atomic mass is 10.0. The first-order chi connectivity index (χ1) is 11.3. The van der Waals surface area contributed by atoms with E-state index in [1.807, 2.05) is 13.8 Å². The summed E-state index contributed by atoms with van der Waals surface area (Å²) >= 11 is 5.85. The zero-order chi connectivity index (χ0) is 17.9. The molecule has 0 bridgehead atoms. The van der Waals surface area contributed by atoms with Crippen LogP contribution in [0, 0.1) is 5.92 Å². The van der Waals surface area contributed by atoms with Crippen LogP contribution in [0.5, 0.6) is 0 Å². The number of esters is 1. The van der Waals surface area contributed by atoms with Gasteiger partial charge in [-0.2, -0.15) is 0 Å². The minimum atomic E-state index is -0.759. The van der Waals surface area contributed by atoms with Gasteiger partial charge < -0.3 is 14.5 Å². The van der Waals surface area contributed by atoms with Crippen molar-refractivity contribution in [1.29, 1.82) is 0 Å². The normalized spacial score (nSPS) is 12.4. The summed E-state index contributed by atoms with van der Waals surface area (Å²) in [5.41, 5.74) is 0.755. The number of amides is 1. The molecule has 24 heavy (non-hydrogen) atoms. The Morgan fingerprint density at radius 1 is 1.38 bits per heavy atom. The van der Waals surface area contributed by atoms with E-state index in [1.54, 1.807) is 12.1 Å². The fourth-order valence-electron chi connectivity index (χ4n) is 2.40. The van der Waals surface area contributed by atoms with Gasteiger partial charge in [0.1, 0.15) is 12.6 Å². The molecular formula is C16H19ClN2O5. The molecule has 0 saturated heterocycles. The largest absolute Gasteiger partial charge is 0.467 e. The number of benzene rings is 1. The predicted molar refractivity (Wildman–Crippen MR) is 88.9 cm³/mol. The van der Waals surface area contributed by atoms with Crippen LogP contribution in [0.4, 0.5) is 0 Å². The first-order valence-corrected chi connectivity index (χ1v) is 7.85. The van der Waals surface area contributed by atoms with Gasteiger partial charge in [0.25, 0.3) is 0 Å². The molecule has 2 rings (SSSR count). The third-order valence-electron chi connectivity index (χ3n) is 3.46. The lowest BCUT2D eigenvalue weighted by Crippen LogP contribution is -2.44. The van der Waals surface area contributed by atoms with E-state index in [-0.39, 0.29) is 12.5 Å². The summed E-state index contributed by atoms with van der Waals surface area (Å²) in [5, 5.41) is 3.03. The number of halogens is 1. The second-order valence-corrected chi connectivity index (χ2v) is 6.28. The molecule has 1 amide bonds. The number of nitrogens with zero attached hydrogens (tertiary/aromatic N) is 1. The predicted octanol–water partition coefficient (Wildman–Crippen LogP) is 1.95. The van der Waals surface area contributed by atoms with Crippen LogP contribution in [0.25, 0.3) is 11.1 Å². The number of methoxy groups -OCH3 is 1. The number of aromatic nitrogens is 1. The van der Waals surface area contributed by atoms with Crippen LogP contribution in [0.2, 0.25) is 5.02 Å². The second-order valence-electron chi connectivity index (χ2n) is 5.84. The highest BCUT2D eigenvalue weighted by Crippen LogP contribution is 2.18.